The first-order valence-electron chi connectivity index (χ1n) is 13.3. The third-order valence-electron chi connectivity index (χ3n) is 7.45. The molecule has 7 heteroatoms. The minimum atomic E-state index is -1.01. The van der Waals surface area contributed by atoms with E-state index in [1.165, 1.54) is 0 Å². The van der Waals surface area contributed by atoms with Gasteiger partial charge in [0.15, 0.2) is 17.5 Å². The van der Waals surface area contributed by atoms with Gasteiger partial charge in [0.2, 0.25) is 0 Å². The summed E-state index contributed by atoms with van der Waals surface area (Å²) in [6.07, 6.45) is 0. The third-order valence-corrected chi connectivity index (χ3v) is 8.65. The highest BCUT2D eigenvalue weighted by atomic mass is 32.1. The van der Waals surface area contributed by atoms with Crippen LogP contribution in [-0.4, -0.2) is 38.7 Å². The number of aliphatic hydroxyl groups is 1. The zero-order chi connectivity index (χ0) is 27.9. The van der Waals surface area contributed by atoms with Crippen molar-refractivity contribution in [3.05, 3.63) is 97.1 Å². The lowest BCUT2D eigenvalue weighted by Crippen LogP contribution is -2.49. The fourth-order valence-electron chi connectivity index (χ4n) is 4.43. The quantitative estimate of drug-likeness (QED) is 0.219. The highest BCUT2D eigenvalue weighted by molar-refractivity contribution is 7.26. The van der Waals surface area contributed by atoms with Crippen molar-refractivity contribution in [1.82, 2.24) is 15.0 Å². The number of hydrogen-bond acceptors (Lipinski definition) is 6. The lowest BCUT2D eigenvalue weighted by atomic mass is 9.80. The van der Waals surface area contributed by atoms with Crippen LogP contribution in [0.4, 0.5) is 0 Å². The Labute approximate surface area is 238 Å². The van der Waals surface area contributed by atoms with Gasteiger partial charge in [-0.25, -0.2) is 15.0 Å². The minimum Gasteiger partial charge on any atom is -0.427 e. The number of aromatic nitrogens is 3. The molecule has 0 aliphatic carbocycles. The molecule has 6 rings (SSSR count). The number of rotatable bonds is 7. The molecular weight excluding hydrogens is 513 g/mol. The first kappa shape index (κ1) is 26.3. The van der Waals surface area contributed by atoms with E-state index < -0.39 is 11.2 Å². The lowest BCUT2D eigenvalue weighted by molar-refractivity contribution is -0.0893. The van der Waals surface area contributed by atoms with Gasteiger partial charge in [-0.3, -0.25) is 0 Å². The van der Waals surface area contributed by atoms with E-state index >= 15 is 0 Å². The van der Waals surface area contributed by atoms with Gasteiger partial charge in [-0.1, -0.05) is 84.9 Å². The van der Waals surface area contributed by atoms with Gasteiger partial charge in [0, 0.05) is 31.5 Å². The van der Waals surface area contributed by atoms with E-state index in [1.807, 2.05) is 86.6 Å². The van der Waals surface area contributed by atoms with Crippen molar-refractivity contribution < 1.29 is 9.76 Å². The zero-order valence-electron chi connectivity index (χ0n) is 22.9. The molecule has 4 aromatic carbocycles. The number of thiophene rings is 1. The summed E-state index contributed by atoms with van der Waals surface area (Å²) in [5.74, 6) is 1.91. The van der Waals surface area contributed by atoms with Crippen LogP contribution in [0.2, 0.25) is 0 Å². The summed E-state index contributed by atoms with van der Waals surface area (Å²) < 4.78 is 8.39. The second-order valence-electron chi connectivity index (χ2n) is 10.8. The van der Waals surface area contributed by atoms with Crippen LogP contribution in [0.1, 0.15) is 27.7 Å². The molecule has 0 aliphatic rings. The monoisotopic (exact) mass is 542 g/mol. The Morgan fingerprint density at radius 1 is 0.675 bits per heavy atom. The molecule has 40 heavy (non-hydrogen) atoms. The van der Waals surface area contributed by atoms with E-state index in [4.69, 9.17) is 19.6 Å². The molecule has 0 amide bonds. The molecular formula is C33H29BN3O2S. The van der Waals surface area contributed by atoms with Crippen LogP contribution >= 0.6 is 11.3 Å². The van der Waals surface area contributed by atoms with E-state index in [0.29, 0.717) is 17.5 Å². The molecule has 0 bridgehead atoms. The molecule has 5 nitrogen and oxygen atoms in total. The van der Waals surface area contributed by atoms with Crippen molar-refractivity contribution in [1.29, 1.82) is 0 Å². The van der Waals surface area contributed by atoms with Gasteiger partial charge >= 0.3 is 7.48 Å². The van der Waals surface area contributed by atoms with Gasteiger partial charge < -0.3 is 9.76 Å². The molecule has 1 radical (unpaired) electrons. The van der Waals surface area contributed by atoms with Crippen molar-refractivity contribution in [3.63, 3.8) is 0 Å². The zero-order valence-corrected chi connectivity index (χ0v) is 23.7. The van der Waals surface area contributed by atoms with Crippen LogP contribution in [0.15, 0.2) is 97.1 Å². The van der Waals surface area contributed by atoms with Gasteiger partial charge in [0.1, 0.15) is 0 Å². The van der Waals surface area contributed by atoms with Crippen LogP contribution in [0.25, 0.3) is 54.3 Å². The standard InChI is InChI=1S/C33H29BN3O2S/c1-32(2,38)33(3,4)39-34-25-19-12-20-26-27(25)23-17-11-18-24(28(23)40-26)31-36-29(21-13-7-5-8-14-21)35-30(37-31)22-15-9-6-10-16-22/h5-20,38H,1-4H3. The van der Waals surface area contributed by atoms with Crippen LogP contribution in [0.5, 0.6) is 0 Å². The van der Waals surface area contributed by atoms with Crippen molar-refractivity contribution >= 4 is 44.5 Å². The summed E-state index contributed by atoms with van der Waals surface area (Å²) in [4.78, 5) is 14.8. The number of fused-ring (bicyclic) bond motifs is 3. The van der Waals surface area contributed by atoms with E-state index in [1.54, 1.807) is 32.7 Å². The van der Waals surface area contributed by atoms with Gasteiger partial charge in [-0.05, 0) is 50.7 Å². The molecule has 0 atom stereocenters. The Morgan fingerprint density at radius 3 is 1.85 bits per heavy atom. The SMILES string of the molecule is CC(C)(O)C(C)(C)O[B]c1cccc2sc3c(-c4nc(-c5ccccc5)nc(-c5ccccc5)n4)cccc3c12. The van der Waals surface area contributed by atoms with Crippen molar-refractivity contribution in [2.45, 2.75) is 38.9 Å². The van der Waals surface area contributed by atoms with E-state index in [0.717, 1.165) is 42.3 Å². The lowest BCUT2D eigenvalue weighted by Gasteiger charge is -2.37. The average Bonchev–Trinajstić information content (AvgIpc) is 3.36. The Balaban J connectivity index is 1.51. The van der Waals surface area contributed by atoms with Crippen LogP contribution in [0, 0.1) is 0 Å². The first-order valence-corrected chi connectivity index (χ1v) is 14.1. The normalized spacial score (nSPS) is 12.2. The van der Waals surface area contributed by atoms with Crippen molar-refractivity contribution in [3.8, 4) is 34.2 Å². The first-order chi connectivity index (χ1) is 19.2. The highest BCUT2D eigenvalue weighted by Gasteiger charge is 2.36. The molecule has 2 aromatic heterocycles. The molecule has 0 fully saturated rings. The molecule has 0 spiro atoms. The van der Waals surface area contributed by atoms with Gasteiger partial charge in [0.25, 0.3) is 0 Å². The van der Waals surface area contributed by atoms with Gasteiger partial charge in [0.05, 0.1) is 11.2 Å². The topological polar surface area (TPSA) is 68.1 Å². The Kier molecular flexibility index (Phi) is 6.74. The molecule has 6 aromatic rings. The number of nitrogens with zero attached hydrogens (tertiary/aromatic N) is 3. The third kappa shape index (κ3) is 4.92. The summed E-state index contributed by atoms with van der Waals surface area (Å²) in [7, 11) is 1.77. The van der Waals surface area contributed by atoms with E-state index in [-0.39, 0.29) is 0 Å². The maximum Gasteiger partial charge on any atom is 0.331 e. The van der Waals surface area contributed by atoms with E-state index in [2.05, 4.69) is 24.3 Å². The maximum atomic E-state index is 10.6. The Morgan fingerprint density at radius 2 is 1.25 bits per heavy atom. The second-order valence-corrected chi connectivity index (χ2v) is 11.9. The van der Waals surface area contributed by atoms with Crippen LogP contribution in [-0.2, 0) is 4.65 Å². The van der Waals surface area contributed by atoms with Crippen LogP contribution in [0.3, 0.4) is 0 Å². The van der Waals surface area contributed by atoms with Crippen molar-refractivity contribution in [2.75, 3.05) is 0 Å². The Bertz CT molecular complexity index is 1760. The maximum absolute atomic E-state index is 10.6. The molecule has 197 valence electrons. The average molecular weight is 542 g/mol. The molecule has 2 heterocycles. The molecule has 1 N–H and O–H groups in total. The fourth-order valence-corrected chi connectivity index (χ4v) is 5.68. The van der Waals surface area contributed by atoms with Gasteiger partial charge in [-0.2, -0.15) is 0 Å². The van der Waals surface area contributed by atoms with Crippen LogP contribution < -0.4 is 5.46 Å². The number of hydrogen-bond donors (Lipinski definition) is 1. The molecule has 0 saturated carbocycles. The fraction of sp³-hybridized carbons (Fsp3) is 0.182. The predicted molar refractivity (Wildman–Crippen MR) is 166 cm³/mol. The summed E-state index contributed by atoms with van der Waals surface area (Å²) >= 11 is 1.71. The summed E-state index contributed by atoms with van der Waals surface area (Å²) in [6.45, 7) is 7.30. The highest BCUT2D eigenvalue weighted by Crippen LogP contribution is 2.39. The largest absolute Gasteiger partial charge is 0.427 e. The second kappa shape index (κ2) is 10.2. The summed E-state index contributed by atoms with van der Waals surface area (Å²) in [5, 5.41) is 12.8. The summed E-state index contributed by atoms with van der Waals surface area (Å²) in [6, 6.07) is 32.5. The minimum absolute atomic E-state index is 0.634. The Hall–Kier alpha value is -3.91. The summed E-state index contributed by atoms with van der Waals surface area (Å²) in [5.41, 5.74) is 2.03. The molecule has 0 unspecified atom stereocenters. The smallest absolute Gasteiger partial charge is 0.331 e. The molecule has 0 aliphatic heterocycles. The van der Waals surface area contributed by atoms with Crippen molar-refractivity contribution in [2.24, 2.45) is 0 Å². The van der Waals surface area contributed by atoms with E-state index in [9.17, 15) is 5.11 Å². The molecule has 0 saturated heterocycles. The number of benzene rings is 4. The van der Waals surface area contributed by atoms with Gasteiger partial charge in [-0.15, -0.1) is 11.3 Å². The predicted octanol–water partition coefficient (Wildman–Crippen LogP) is 7.05.